The molecule has 2 heterocycles. The van der Waals surface area contributed by atoms with Crippen molar-refractivity contribution in [1.29, 1.82) is 0 Å². The molecule has 3 aromatic rings. The fraction of sp³-hybridized carbons (Fsp3) is 0.378. The van der Waals surface area contributed by atoms with Gasteiger partial charge in [-0.1, -0.05) is 76.2 Å². The number of fused-ring (bicyclic) bond motifs is 1. The van der Waals surface area contributed by atoms with Crippen LogP contribution in [0.1, 0.15) is 63.1 Å². The molecular formula is C37H45ClN4O4. The van der Waals surface area contributed by atoms with E-state index >= 15 is 0 Å². The number of carbonyl (C=O) groups excluding carboxylic acids is 2. The molecule has 2 amide bonds. The third-order valence-electron chi connectivity index (χ3n) is 8.59. The first-order chi connectivity index (χ1) is 22.2. The highest BCUT2D eigenvalue weighted by Crippen LogP contribution is 2.43. The fourth-order valence-corrected chi connectivity index (χ4v) is 6.26. The van der Waals surface area contributed by atoms with E-state index < -0.39 is 11.8 Å². The quantitative estimate of drug-likeness (QED) is 0.227. The van der Waals surface area contributed by atoms with E-state index in [4.69, 9.17) is 26.1 Å². The van der Waals surface area contributed by atoms with Crippen molar-refractivity contribution in [1.82, 2.24) is 14.8 Å². The maximum Gasteiger partial charge on any atom is 0.266 e. The average molecular weight is 645 g/mol. The summed E-state index contributed by atoms with van der Waals surface area (Å²) >= 11 is 7.18. The van der Waals surface area contributed by atoms with Gasteiger partial charge in [-0.15, -0.1) is 0 Å². The molecule has 0 spiro atoms. The molecule has 1 aromatic heterocycles. The Morgan fingerprint density at radius 2 is 1.80 bits per heavy atom. The summed E-state index contributed by atoms with van der Waals surface area (Å²) in [6.45, 7) is 13.1. The molecule has 2 aliphatic rings. The van der Waals surface area contributed by atoms with Crippen LogP contribution in [0.25, 0.3) is 22.4 Å². The largest absolute Gasteiger partial charge is 0.481 e. The monoisotopic (exact) mass is 644 g/mol. The number of rotatable bonds is 10. The molecule has 1 aliphatic heterocycles. The first-order valence-electron chi connectivity index (χ1n) is 15.9. The number of carbonyl (C=O) groups is 2. The first-order valence-corrected chi connectivity index (χ1v) is 16.3. The summed E-state index contributed by atoms with van der Waals surface area (Å²) in [7, 11) is 4.86. The number of aryl methyl sites for hydroxylation is 1. The second-order valence-corrected chi connectivity index (χ2v) is 11.6. The Balaban J connectivity index is 0.00000235. The molecule has 5 rings (SSSR count). The molecule has 2 aromatic carbocycles. The second kappa shape index (κ2) is 15.4. The summed E-state index contributed by atoms with van der Waals surface area (Å²) in [5, 5.41) is 3.62. The highest BCUT2D eigenvalue weighted by molar-refractivity contribution is 6.36. The van der Waals surface area contributed by atoms with Gasteiger partial charge in [-0.05, 0) is 60.4 Å². The predicted octanol–water partition coefficient (Wildman–Crippen LogP) is 7.82. The molecule has 9 heteroatoms. The molecule has 1 atom stereocenters. The molecule has 0 saturated heterocycles. The number of methoxy groups -OCH3 is 2. The SMILES string of the molecule is C=C1N(CCOC)C=C(C(=O)Nc2cccc(-c3cccc(-c4cc5c(c(OC)n4)CCC5)c3Cl)c2C(C)CC)C(=O)N1C.CC. The maximum atomic E-state index is 13.7. The fourth-order valence-electron chi connectivity index (χ4n) is 5.94. The van der Waals surface area contributed by atoms with Gasteiger partial charge < -0.3 is 19.7 Å². The van der Waals surface area contributed by atoms with Crippen LogP contribution in [-0.4, -0.2) is 61.0 Å². The van der Waals surface area contributed by atoms with Crippen molar-refractivity contribution >= 4 is 29.1 Å². The van der Waals surface area contributed by atoms with Crippen molar-refractivity contribution in [3.05, 3.63) is 88.4 Å². The number of aromatic nitrogens is 1. The zero-order valence-electron chi connectivity index (χ0n) is 28.0. The lowest BCUT2D eigenvalue weighted by molar-refractivity contribution is -0.128. The van der Waals surface area contributed by atoms with E-state index in [2.05, 4.69) is 31.8 Å². The number of benzene rings is 2. The van der Waals surface area contributed by atoms with E-state index in [-0.39, 0.29) is 11.5 Å². The third-order valence-corrected chi connectivity index (χ3v) is 9.00. The minimum atomic E-state index is -0.493. The molecule has 0 saturated carbocycles. The molecule has 1 N–H and O–H groups in total. The molecule has 1 aliphatic carbocycles. The number of nitrogens with one attached hydrogen (secondary N) is 1. The molecule has 46 heavy (non-hydrogen) atoms. The zero-order valence-corrected chi connectivity index (χ0v) is 28.8. The minimum Gasteiger partial charge on any atom is -0.481 e. The van der Waals surface area contributed by atoms with Crippen molar-refractivity contribution in [3.8, 4) is 28.3 Å². The number of ether oxygens (including phenoxy) is 2. The summed E-state index contributed by atoms with van der Waals surface area (Å²) in [5.74, 6) is 0.304. The molecular weight excluding hydrogens is 600 g/mol. The number of anilines is 1. The standard InChI is InChI=1S/C35H39ClN4O4.C2H6/c1-7-21(2)31-25(26-14-9-15-27(32(26)36)30-19-23-11-8-12-24(23)34(38-30)44-6)13-10-16-29(31)37-33(41)28-20-40(17-18-43-5)22(3)39(4)35(28)42;1-2/h9-10,13-16,19-21H,3,7-8,11-12,17-18H2,1-2,4-6H3,(H,37,41);1-2H3. The Labute approximate surface area is 278 Å². The van der Waals surface area contributed by atoms with Crippen LogP contribution >= 0.6 is 11.6 Å². The van der Waals surface area contributed by atoms with E-state index in [1.54, 1.807) is 32.4 Å². The number of nitrogens with zero attached hydrogens (tertiary/aromatic N) is 3. The smallest absolute Gasteiger partial charge is 0.266 e. The van der Waals surface area contributed by atoms with Gasteiger partial charge in [0.25, 0.3) is 11.8 Å². The van der Waals surface area contributed by atoms with Gasteiger partial charge in [-0.3, -0.25) is 14.5 Å². The number of likely N-dealkylation sites (N-methyl/N-ethyl adjacent to an activating group) is 1. The van der Waals surface area contributed by atoms with Crippen molar-refractivity contribution < 1.29 is 19.1 Å². The maximum absolute atomic E-state index is 13.7. The second-order valence-electron chi connectivity index (χ2n) is 11.2. The van der Waals surface area contributed by atoms with E-state index in [0.717, 1.165) is 53.6 Å². The summed E-state index contributed by atoms with van der Waals surface area (Å²) < 4.78 is 10.8. The Morgan fingerprint density at radius 1 is 1.11 bits per heavy atom. The number of hydrogen-bond acceptors (Lipinski definition) is 6. The van der Waals surface area contributed by atoms with Gasteiger partial charge in [0.2, 0.25) is 5.88 Å². The number of halogens is 1. The molecule has 1 unspecified atom stereocenters. The third kappa shape index (κ3) is 6.83. The summed E-state index contributed by atoms with van der Waals surface area (Å²) in [6.07, 6.45) is 5.42. The summed E-state index contributed by atoms with van der Waals surface area (Å²) in [6, 6.07) is 13.9. The van der Waals surface area contributed by atoms with Gasteiger partial charge in [-0.2, -0.15) is 0 Å². The lowest BCUT2D eigenvalue weighted by Gasteiger charge is -2.34. The Morgan fingerprint density at radius 3 is 2.50 bits per heavy atom. The molecule has 0 radical (unpaired) electrons. The first kappa shape index (κ1) is 34.7. The topological polar surface area (TPSA) is 84.0 Å². The minimum absolute atomic E-state index is 0.0215. The summed E-state index contributed by atoms with van der Waals surface area (Å²) in [4.78, 5) is 34.7. The van der Waals surface area contributed by atoms with Gasteiger partial charge in [-0.25, -0.2) is 4.98 Å². The number of amides is 2. The predicted molar refractivity (Wildman–Crippen MR) is 186 cm³/mol. The van der Waals surface area contributed by atoms with Gasteiger partial charge in [0, 0.05) is 49.3 Å². The Bertz CT molecular complexity index is 1650. The normalized spacial score (nSPS) is 14.7. The van der Waals surface area contributed by atoms with Crippen LogP contribution in [0.4, 0.5) is 5.69 Å². The van der Waals surface area contributed by atoms with E-state index in [1.165, 1.54) is 16.0 Å². The average Bonchev–Trinajstić information content (AvgIpc) is 3.56. The number of pyridine rings is 1. The van der Waals surface area contributed by atoms with Crippen LogP contribution in [0, 0.1) is 0 Å². The molecule has 0 bridgehead atoms. The van der Waals surface area contributed by atoms with Gasteiger partial charge in [0.15, 0.2) is 0 Å². The van der Waals surface area contributed by atoms with Crippen LogP contribution < -0.4 is 10.1 Å². The Hall–Kier alpha value is -4.14. The van der Waals surface area contributed by atoms with Crippen molar-refractivity contribution in [2.24, 2.45) is 0 Å². The van der Waals surface area contributed by atoms with Crippen molar-refractivity contribution in [2.45, 2.75) is 59.3 Å². The lowest BCUT2D eigenvalue weighted by atomic mass is 9.87. The van der Waals surface area contributed by atoms with Crippen molar-refractivity contribution in [2.75, 3.05) is 39.7 Å². The van der Waals surface area contributed by atoms with Crippen LogP contribution in [0.5, 0.6) is 5.88 Å². The van der Waals surface area contributed by atoms with Gasteiger partial charge in [0.1, 0.15) is 11.4 Å². The lowest BCUT2D eigenvalue weighted by Crippen LogP contribution is -2.43. The molecule has 8 nitrogen and oxygen atoms in total. The Kier molecular flexibility index (Phi) is 11.7. The molecule has 0 fully saturated rings. The number of hydrogen-bond donors (Lipinski definition) is 1. The van der Waals surface area contributed by atoms with Crippen LogP contribution in [0.3, 0.4) is 0 Å². The van der Waals surface area contributed by atoms with Crippen LogP contribution in [0.2, 0.25) is 5.02 Å². The van der Waals surface area contributed by atoms with Crippen molar-refractivity contribution in [3.63, 3.8) is 0 Å². The summed E-state index contributed by atoms with van der Waals surface area (Å²) in [5.41, 5.74) is 7.36. The zero-order chi connectivity index (χ0) is 33.5. The molecule has 244 valence electrons. The highest BCUT2D eigenvalue weighted by Gasteiger charge is 2.31. The van der Waals surface area contributed by atoms with Crippen LogP contribution in [-0.2, 0) is 27.2 Å². The van der Waals surface area contributed by atoms with E-state index in [0.29, 0.717) is 35.6 Å². The van der Waals surface area contributed by atoms with E-state index in [1.807, 2.05) is 50.2 Å². The van der Waals surface area contributed by atoms with Gasteiger partial charge in [0.05, 0.1) is 24.4 Å². The highest BCUT2D eigenvalue weighted by atomic mass is 35.5. The van der Waals surface area contributed by atoms with Crippen LogP contribution in [0.15, 0.2) is 66.6 Å². The van der Waals surface area contributed by atoms with E-state index in [9.17, 15) is 9.59 Å². The van der Waals surface area contributed by atoms with Gasteiger partial charge >= 0.3 is 0 Å².